The maximum atomic E-state index is 11.8. The van der Waals surface area contributed by atoms with E-state index in [-0.39, 0.29) is 5.91 Å². The zero-order chi connectivity index (χ0) is 13.5. The van der Waals surface area contributed by atoms with Gasteiger partial charge in [0.15, 0.2) is 0 Å². The van der Waals surface area contributed by atoms with Gasteiger partial charge in [0, 0.05) is 24.2 Å². The van der Waals surface area contributed by atoms with E-state index in [1.165, 1.54) is 11.8 Å². The van der Waals surface area contributed by atoms with E-state index in [1.807, 2.05) is 31.2 Å². The van der Waals surface area contributed by atoms with E-state index < -0.39 is 0 Å². The highest BCUT2D eigenvalue weighted by molar-refractivity contribution is 8.00. The topological polar surface area (TPSA) is 70.1 Å². The summed E-state index contributed by atoms with van der Waals surface area (Å²) in [4.78, 5) is 14.4. The third-order valence-electron chi connectivity index (χ3n) is 2.53. The minimum atomic E-state index is 0.0338. The number of amides is 1. The SMILES string of the molecule is Cc1cc(N)ccc1SCC(=O)N(C)CCC#N. The molecule has 4 nitrogen and oxygen atoms in total. The van der Waals surface area contributed by atoms with Crippen LogP contribution < -0.4 is 5.73 Å². The summed E-state index contributed by atoms with van der Waals surface area (Å²) >= 11 is 1.50. The van der Waals surface area contributed by atoms with Crippen molar-refractivity contribution in [2.45, 2.75) is 18.2 Å². The van der Waals surface area contributed by atoms with E-state index in [1.54, 1.807) is 11.9 Å². The summed E-state index contributed by atoms with van der Waals surface area (Å²) in [5, 5.41) is 8.46. The molecule has 0 heterocycles. The Balaban J connectivity index is 2.50. The minimum absolute atomic E-state index is 0.0338. The van der Waals surface area contributed by atoms with Crippen LogP contribution in [0.15, 0.2) is 23.1 Å². The Kier molecular flexibility index (Phi) is 5.53. The summed E-state index contributed by atoms with van der Waals surface area (Å²) < 4.78 is 0. The van der Waals surface area contributed by atoms with Crippen molar-refractivity contribution >= 4 is 23.4 Å². The van der Waals surface area contributed by atoms with Crippen molar-refractivity contribution in [1.29, 1.82) is 5.26 Å². The molecular formula is C13H17N3OS. The number of rotatable bonds is 5. The maximum Gasteiger partial charge on any atom is 0.232 e. The molecule has 0 saturated heterocycles. The summed E-state index contributed by atoms with van der Waals surface area (Å²) in [6.07, 6.45) is 0.369. The highest BCUT2D eigenvalue weighted by Gasteiger charge is 2.09. The van der Waals surface area contributed by atoms with Gasteiger partial charge in [-0.05, 0) is 30.7 Å². The smallest absolute Gasteiger partial charge is 0.232 e. The molecular weight excluding hydrogens is 246 g/mol. The molecule has 0 saturated carbocycles. The molecule has 0 aliphatic rings. The highest BCUT2D eigenvalue weighted by Crippen LogP contribution is 2.24. The van der Waals surface area contributed by atoms with Crippen LogP contribution in [0, 0.1) is 18.3 Å². The summed E-state index contributed by atoms with van der Waals surface area (Å²) in [5.41, 5.74) is 7.48. The van der Waals surface area contributed by atoms with Crippen molar-refractivity contribution in [2.24, 2.45) is 0 Å². The second-order valence-corrected chi connectivity index (χ2v) is 5.05. The number of nitrogens with zero attached hydrogens (tertiary/aromatic N) is 2. The van der Waals surface area contributed by atoms with Gasteiger partial charge in [-0.15, -0.1) is 11.8 Å². The van der Waals surface area contributed by atoms with Crippen LogP contribution >= 0.6 is 11.8 Å². The van der Waals surface area contributed by atoms with Crippen LogP contribution in [0.4, 0.5) is 5.69 Å². The second-order valence-electron chi connectivity index (χ2n) is 4.04. The Hall–Kier alpha value is -1.67. The van der Waals surface area contributed by atoms with E-state index in [0.29, 0.717) is 18.7 Å². The monoisotopic (exact) mass is 263 g/mol. The first-order valence-electron chi connectivity index (χ1n) is 5.64. The van der Waals surface area contributed by atoms with Crippen LogP contribution in [0.2, 0.25) is 0 Å². The van der Waals surface area contributed by atoms with Gasteiger partial charge < -0.3 is 10.6 Å². The molecule has 0 aromatic heterocycles. The number of thioether (sulfide) groups is 1. The molecule has 0 aliphatic heterocycles. The lowest BCUT2D eigenvalue weighted by molar-refractivity contribution is -0.127. The Bertz CT molecular complexity index is 468. The molecule has 0 bridgehead atoms. The number of carbonyl (C=O) groups excluding carboxylic acids is 1. The number of hydrogen-bond acceptors (Lipinski definition) is 4. The third kappa shape index (κ3) is 4.30. The molecule has 96 valence electrons. The molecule has 5 heteroatoms. The normalized spacial score (nSPS) is 9.83. The van der Waals surface area contributed by atoms with Crippen molar-refractivity contribution in [3.8, 4) is 6.07 Å². The molecule has 0 spiro atoms. The number of aryl methyl sites for hydroxylation is 1. The van der Waals surface area contributed by atoms with Crippen molar-refractivity contribution < 1.29 is 4.79 Å². The van der Waals surface area contributed by atoms with Gasteiger partial charge in [-0.2, -0.15) is 5.26 Å². The Labute approximate surface area is 112 Å². The quantitative estimate of drug-likeness (QED) is 0.652. The number of anilines is 1. The Morgan fingerprint density at radius 3 is 2.89 bits per heavy atom. The lowest BCUT2D eigenvalue weighted by Crippen LogP contribution is -2.29. The Morgan fingerprint density at radius 1 is 1.56 bits per heavy atom. The fourth-order valence-electron chi connectivity index (χ4n) is 1.43. The van der Waals surface area contributed by atoms with Crippen LogP contribution in [0.25, 0.3) is 0 Å². The minimum Gasteiger partial charge on any atom is -0.399 e. The van der Waals surface area contributed by atoms with Crippen LogP contribution in [-0.2, 0) is 4.79 Å². The standard InChI is InChI=1S/C13H17N3OS/c1-10-8-11(15)4-5-12(10)18-9-13(17)16(2)7-3-6-14/h4-5,8H,3,7,9,15H2,1-2H3. The molecule has 0 atom stereocenters. The van der Waals surface area contributed by atoms with Gasteiger partial charge in [0.1, 0.15) is 0 Å². The van der Waals surface area contributed by atoms with Crippen molar-refractivity contribution in [3.63, 3.8) is 0 Å². The molecule has 18 heavy (non-hydrogen) atoms. The number of nitrogens with two attached hydrogens (primary N) is 1. The van der Waals surface area contributed by atoms with Crippen molar-refractivity contribution in [1.82, 2.24) is 4.90 Å². The molecule has 0 radical (unpaired) electrons. The summed E-state index contributed by atoms with van der Waals surface area (Å²) in [6.45, 7) is 2.46. The number of nitrogen functional groups attached to an aromatic ring is 1. The van der Waals surface area contributed by atoms with Gasteiger partial charge in [0.05, 0.1) is 18.2 Å². The number of hydrogen-bond donors (Lipinski definition) is 1. The molecule has 1 aromatic carbocycles. The molecule has 0 fully saturated rings. The average Bonchev–Trinajstić information content (AvgIpc) is 2.34. The van der Waals surface area contributed by atoms with E-state index in [2.05, 4.69) is 0 Å². The van der Waals surface area contributed by atoms with Gasteiger partial charge >= 0.3 is 0 Å². The molecule has 1 rings (SSSR count). The maximum absolute atomic E-state index is 11.8. The third-order valence-corrected chi connectivity index (χ3v) is 3.70. The largest absolute Gasteiger partial charge is 0.399 e. The van der Waals surface area contributed by atoms with Gasteiger partial charge in [-0.25, -0.2) is 0 Å². The fraction of sp³-hybridized carbons (Fsp3) is 0.385. The Morgan fingerprint density at radius 2 is 2.28 bits per heavy atom. The van der Waals surface area contributed by atoms with E-state index in [0.717, 1.165) is 16.1 Å². The number of carbonyl (C=O) groups is 1. The fourth-order valence-corrected chi connectivity index (χ4v) is 2.38. The van der Waals surface area contributed by atoms with Crippen molar-refractivity contribution in [3.05, 3.63) is 23.8 Å². The zero-order valence-electron chi connectivity index (χ0n) is 10.6. The van der Waals surface area contributed by atoms with Crippen LogP contribution in [0.3, 0.4) is 0 Å². The van der Waals surface area contributed by atoms with Gasteiger partial charge in [0.2, 0.25) is 5.91 Å². The van der Waals surface area contributed by atoms with Crippen LogP contribution in [0.5, 0.6) is 0 Å². The number of nitriles is 1. The van der Waals surface area contributed by atoms with Gasteiger partial charge in [-0.3, -0.25) is 4.79 Å². The highest BCUT2D eigenvalue weighted by atomic mass is 32.2. The molecule has 1 aromatic rings. The predicted octanol–water partition coefficient (Wildman–Crippen LogP) is 2.04. The lowest BCUT2D eigenvalue weighted by Gasteiger charge is -2.15. The van der Waals surface area contributed by atoms with E-state index >= 15 is 0 Å². The first kappa shape index (κ1) is 14.4. The zero-order valence-corrected chi connectivity index (χ0v) is 11.5. The first-order chi connectivity index (χ1) is 8.54. The first-order valence-corrected chi connectivity index (χ1v) is 6.63. The predicted molar refractivity (Wildman–Crippen MR) is 74.2 cm³/mol. The second kappa shape index (κ2) is 6.92. The summed E-state index contributed by atoms with van der Waals surface area (Å²) in [5.74, 6) is 0.415. The molecule has 1 amide bonds. The summed E-state index contributed by atoms with van der Waals surface area (Å²) in [7, 11) is 1.72. The lowest BCUT2D eigenvalue weighted by atomic mass is 10.2. The summed E-state index contributed by atoms with van der Waals surface area (Å²) in [6, 6.07) is 7.68. The number of benzene rings is 1. The average molecular weight is 263 g/mol. The van der Waals surface area contributed by atoms with Gasteiger partial charge in [-0.1, -0.05) is 0 Å². The van der Waals surface area contributed by atoms with E-state index in [9.17, 15) is 4.79 Å². The van der Waals surface area contributed by atoms with Crippen molar-refractivity contribution in [2.75, 3.05) is 25.1 Å². The molecule has 2 N–H and O–H groups in total. The van der Waals surface area contributed by atoms with Crippen LogP contribution in [0.1, 0.15) is 12.0 Å². The van der Waals surface area contributed by atoms with Crippen LogP contribution in [-0.4, -0.2) is 30.2 Å². The molecule has 0 unspecified atom stereocenters. The van der Waals surface area contributed by atoms with E-state index in [4.69, 9.17) is 11.0 Å². The van der Waals surface area contributed by atoms with Gasteiger partial charge in [0.25, 0.3) is 0 Å². The molecule has 0 aliphatic carbocycles.